The van der Waals surface area contributed by atoms with E-state index >= 15 is 0 Å². The van der Waals surface area contributed by atoms with Crippen LogP contribution in [0.15, 0.2) is 18.6 Å². The van der Waals surface area contributed by atoms with E-state index in [1.165, 1.54) is 0 Å². The Morgan fingerprint density at radius 1 is 1.47 bits per heavy atom. The number of aryl methyl sites for hydroxylation is 1. The number of nitrogens with one attached hydrogen (secondary N) is 1. The zero-order chi connectivity index (χ0) is 10.7. The summed E-state index contributed by atoms with van der Waals surface area (Å²) in [5.41, 5.74) is 1.03. The van der Waals surface area contributed by atoms with Crippen LogP contribution in [0.1, 0.15) is 11.5 Å². The Balaban J connectivity index is 2.08. The molecule has 0 aliphatic rings. The van der Waals surface area contributed by atoms with Gasteiger partial charge in [0.15, 0.2) is 0 Å². The van der Waals surface area contributed by atoms with Crippen molar-refractivity contribution >= 4 is 0 Å². The van der Waals surface area contributed by atoms with Crippen molar-refractivity contribution in [1.82, 2.24) is 29.9 Å². The highest BCUT2D eigenvalue weighted by molar-refractivity contribution is 4.99. The normalized spacial score (nSPS) is 10.8. The van der Waals surface area contributed by atoms with Crippen LogP contribution < -0.4 is 5.32 Å². The molecule has 0 amide bonds. The van der Waals surface area contributed by atoms with E-state index in [1.54, 1.807) is 11.0 Å². The first-order valence-electron chi connectivity index (χ1n) is 4.79. The standard InChI is InChI=1S/C9H14N6/c1-10-5-8-3-4-15(13-8)6-9-11-7-12-14(9)2/h3-4,7,10H,5-6H2,1-2H3. The van der Waals surface area contributed by atoms with Gasteiger partial charge in [-0.25, -0.2) is 4.98 Å². The number of hydrogen-bond donors (Lipinski definition) is 1. The molecule has 1 N–H and O–H groups in total. The van der Waals surface area contributed by atoms with Gasteiger partial charge in [0.25, 0.3) is 0 Å². The van der Waals surface area contributed by atoms with Crippen LogP contribution >= 0.6 is 0 Å². The fourth-order valence-corrected chi connectivity index (χ4v) is 1.38. The van der Waals surface area contributed by atoms with E-state index in [4.69, 9.17) is 0 Å². The first-order valence-corrected chi connectivity index (χ1v) is 4.79. The third-order valence-corrected chi connectivity index (χ3v) is 2.16. The van der Waals surface area contributed by atoms with Crippen LogP contribution in [-0.2, 0) is 20.1 Å². The second-order valence-electron chi connectivity index (χ2n) is 3.33. The van der Waals surface area contributed by atoms with Gasteiger partial charge in [0.2, 0.25) is 0 Å². The molecule has 2 heterocycles. The number of aromatic nitrogens is 5. The molecule has 0 aromatic carbocycles. The van der Waals surface area contributed by atoms with Crippen molar-refractivity contribution < 1.29 is 0 Å². The minimum atomic E-state index is 0.653. The number of nitrogens with zero attached hydrogens (tertiary/aromatic N) is 5. The second-order valence-corrected chi connectivity index (χ2v) is 3.33. The highest BCUT2D eigenvalue weighted by Gasteiger charge is 2.03. The van der Waals surface area contributed by atoms with E-state index in [0.29, 0.717) is 6.54 Å². The molecule has 2 rings (SSSR count). The van der Waals surface area contributed by atoms with Gasteiger partial charge >= 0.3 is 0 Å². The SMILES string of the molecule is CNCc1ccn(Cc2ncnn2C)n1. The summed E-state index contributed by atoms with van der Waals surface area (Å²) in [6.07, 6.45) is 3.49. The third kappa shape index (κ3) is 2.21. The summed E-state index contributed by atoms with van der Waals surface area (Å²) in [7, 11) is 3.78. The first-order chi connectivity index (χ1) is 7.29. The Hall–Kier alpha value is -1.69. The van der Waals surface area contributed by atoms with Gasteiger partial charge in [-0.2, -0.15) is 10.2 Å². The van der Waals surface area contributed by atoms with Crippen LogP contribution in [0.4, 0.5) is 0 Å². The largest absolute Gasteiger partial charge is 0.314 e. The lowest BCUT2D eigenvalue weighted by atomic mass is 10.4. The maximum absolute atomic E-state index is 4.39. The predicted octanol–water partition coefficient (Wildman–Crippen LogP) is -0.221. The molecule has 0 spiro atoms. The highest BCUT2D eigenvalue weighted by atomic mass is 15.4. The molecule has 0 unspecified atom stereocenters. The molecular formula is C9H14N6. The van der Waals surface area contributed by atoms with E-state index in [2.05, 4.69) is 20.5 Å². The summed E-state index contributed by atoms with van der Waals surface area (Å²) in [4.78, 5) is 4.14. The average molecular weight is 206 g/mol. The molecule has 0 saturated heterocycles. The van der Waals surface area contributed by atoms with E-state index in [1.807, 2.05) is 31.0 Å². The van der Waals surface area contributed by atoms with E-state index in [-0.39, 0.29) is 0 Å². The number of rotatable bonds is 4. The Bertz CT molecular complexity index is 429. The monoisotopic (exact) mass is 206 g/mol. The Labute approximate surface area is 87.9 Å². The zero-order valence-corrected chi connectivity index (χ0v) is 8.88. The summed E-state index contributed by atoms with van der Waals surface area (Å²) >= 11 is 0. The Morgan fingerprint density at radius 3 is 3.00 bits per heavy atom. The van der Waals surface area contributed by atoms with Crippen molar-refractivity contribution in [2.75, 3.05) is 7.05 Å². The molecule has 2 aromatic heterocycles. The molecule has 0 fully saturated rings. The van der Waals surface area contributed by atoms with E-state index < -0.39 is 0 Å². The molecular weight excluding hydrogens is 192 g/mol. The van der Waals surface area contributed by atoms with Crippen molar-refractivity contribution in [2.45, 2.75) is 13.1 Å². The summed E-state index contributed by atoms with van der Waals surface area (Å²) in [5, 5.41) is 11.5. The van der Waals surface area contributed by atoms with Gasteiger partial charge in [0.1, 0.15) is 18.7 Å². The van der Waals surface area contributed by atoms with Gasteiger partial charge in [-0.1, -0.05) is 0 Å². The maximum atomic E-state index is 4.39. The second kappa shape index (κ2) is 4.22. The summed E-state index contributed by atoms with van der Waals surface area (Å²) < 4.78 is 3.61. The van der Waals surface area contributed by atoms with Gasteiger partial charge < -0.3 is 5.32 Å². The summed E-state index contributed by atoms with van der Waals surface area (Å²) in [6, 6.07) is 1.99. The highest BCUT2D eigenvalue weighted by Crippen LogP contribution is 1.99. The minimum absolute atomic E-state index is 0.653. The quantitative estimate of drug-likeness (QED) is 0.751. The lowest BCUT2D eigenvalue weighted by Crippen LogP contribution is -2.09. The lowest BCUT2D eigenvalue weighted by molar-refractivity contribution is 0.597. The molecule has 6 nitrogen and oxygen atoms in total. The van der Waals surface area contributed by atoms with Crippen LogP contribution in [0.3, 0.4) is 0 Å². The Kier molecular flexibility index (Phi) is 2.77. The van der Waals surface area contributed by atoms with Crippen molar-refractivity contribution in [3.8, 4) is 0 Å². The topological polar surface area (TPSA) is 60.6 Å². The molecule has 0 aliphatic carbocycles. The molecule has 6 heteroatoms. The minimum Gasteiger partial charge on any atom is -0.314 e. The van der Waals surface area contributed by atoms with Gasteiger partial charge in [-0.05, 0) is 13.1 Å². The fourth-order valence-electron chi connectivity index (χ4n) is 1.38. The summed E-state index contributed by atoms with van der Waals surface area (Å²) in [6.45, 7) is 1.44. The third-order valence-electron chi connectivity index (χ3n) is 2.16. The van der Waals surface area contributed by atoms with Crippen LogP contribution in [0.5, 0.6) is 0 Å². The summed E-state index contributed by atoms with van der Waals surface area (Å²) in [5.74, 6) is 0.897. The van der Waals surface area contributed by atoms with Crippen molar-refractivity contribution in [3.63, 3.8) is 0 Å². The first kappa shape index (κ1) is 9.85. The molecule has 0 bridgehead atoms. The van der Waals surface area contributed by atoms with Gasteiger partial charge in [-0.3, -0.25) is 9.36 Å². The molecule has 2 aromatic rings. The Morgan fingerprint density at radius 2 is 2.33 bits per heavy atom. The molecule has 0 aliphatic heterocycles. The van der Waals surface area contributed by atoms with Crippen LogP contribution in [0.2, 0.25) is 0 Å². The van der Waals surface area contributed by atoms with E-state index in [0.717, 1.165) is 18.1 Å². The van der Waals surface area contributed by atoms with Crippen molar-refractivity contribution in [2.24, 2.45) is 7.05 Å². The molecule has 0 saturated carbocycles. The fraction of sp³-hybridized carbons (Fsp3) is 0.444. The lowest BCUT2D eigenvalue weighted by Gasteiger charge is -2.00. The van der Waals surface area contributed by atoms with Gasteiger partial charge in [0.05, 0.1) is 5.69 Å². The van der Waals surface area contributed by atoms with Gasteiger partial charge in [-0.15, -0.1) is 0 Å². The van der Waals surface area contributed by atoms with Crippen molar-refractivity contribution in [3.05, 3.63) is 30.1 Å². The average Bonchev–Trinajstić information content (AvgIpc) is 2.79. The molecule has 15 heavy (non-hydrogen) atoms. The molecule has 0 atom stereocenters. The van der Waals surface area contributed by atoms with E-state index in [9.17, 15) is 0 Å². The van der Waals surface area contributed by atoms with Gasteiger partial charge in [0, 0.05) is 19.8 Å². The van der Waals surface area contributed by atoms with Crippen LogP contribution in [0, 0.1) is 0 Å². The zero-order valence-electron chi connectivity index (χ0n) is 8.88. The molecule has 80 valence electrons. The smallest absolute Gasteiger partial charge is 0.148 e. The van der Waals surface area contributed by atoms with Crippen LogP contribution in [-0.4, -0.2) is 31.6 Å². The maximum Gasteiger partial charge on any atom is 0.148 e. The predicted molar refractivity (Wildman–Crippen MR) is 55.1 cm³/mol. The van der Waals surface area contributed by atoms with Crippen LogP contribution in [0.25, 0.3) is 0 Å². The molecule has 0 radical (unpaired) electrons. The van der Waals surface area contributed by atoms with Crippen molar-refractivity contribution in [1.29, 1.82) is 0 Å². The number of hydrogen-bond acceptors (Lipinski definition) is 4.